The molecule has 0 aromatic rings. The number of hydrogen-bond donors (Lipinski definition) is 1. The van der Waals surface area contributed by atoms with Crippen LogP contribution in [0.2, 0.25) is 0 Å². The first kappa shape index (κ1) is 11.6. The van der Waals surface area contributed by atoms with Gasteiger partial charge in [0, 0.05) is 19.0 Å². The van der Waals surface area contributed by atoms with Gasteiger partial charge in [-0.25, -0.2) is 0 Å². The maximum atomic E-state index is 8.41. The molecule has 2 unspecified atom stereocenters. The molecule has 96 valence electrons. The van der Waals surface area contributed by atoms with Gasteiger partial charge in [-0.3, -0.25) is 5.41 Å². The molecule has 1 saturated heterocycles. The summed E-state index contributed by atoms with van der Waals surface area (Å²) in [5.74, 6) is 3.51. The van der Waals surface area contributed by atoms with Crippen LogP contribution in [-0.2, 0) is 0 Å². The molecule has 0 bridgehead atoms. The fourth-order valence-electron chi connectivity index (χ4n) is 4.28. The molecule has 2 aliphatic carbocycles. The molecule has 3 fully saturated rings. The van der Waals surface area contributed by atoms with E-state index in [4.69, 9.17) is 5.41 Å². The van der Waals surface area contributed by atoms with Crippen molar-refractivity contribution in [1.82, 2.24) is 4.90 Å². The second-order valence-electron chi connectivity index (χ2n) is 6.41. The first-order valence-electron chi connectivity index (χ1n) is 7.68. The second kappa shape index (κ2) is 4.99. The van der Waals surface area contributed by atoms with Crippen molar-refractivity contribution in [1.29, 1.82) is 5.41 Å². The van der Waals surface area contributed by atoms with E-state index < -0.39 is 0 Å². The number of likely N-dealkylation sites (tertiary alicyclic amines) is 1. The van der Waals surface area contributed by atoms with Crippen LogP contribution in [0.5, 0.6) is 0 Å². The minimum absolute atomic E-state index is 0.607. The van der Waals surface area contributed by atoms with Crippen molar-refractivity contribution in [3.05, 3.63) is 0 Å². The van der Waals surface area contributed by atoms with E-state index in [0.29, 0.717) is 5.92 Å². The number of nitrogens with one attached hydrogen (secondary N) is 1. The Balaban J connectivity index is 1.59. The highest BCUT2D eigenvalue weighted by atomic mass is 15.2. The minimum atomic E-state index is 0.607. The third-order valence-electron chi connectivity index (χ3n) is 5.37. The summed E-state index contributed by atoms with van der Waals surface area (Å²) in [5.41, 5.74) is 0. The zero-order valence-electron chi connectivity index (χ0n) is 11.0. The molecule has 0 radical (unpaired) electrons. The number of fused-ring (bicyclic) bond motifs is 1. The van der Waals surface area contributed by atoms with Crippen LogP contribution in [0.4, 0.5) is 0 Å². The molecule has 1 heterocycles. The number of hydrogen-bond acceptors (Lipinski definition) is 1. The first-order valence-corrected chi connectivity index (χ1v) is 7.68. The molecule has 17 heavy (non-hydrogen) atoms. The van der Waals surface area contributed by atoms with Gasteiger partial charge in [0.2, 0.25) is 0 Å². The molecular weight excluding hydrogens is 208 g/mol. The van der Waals surface area contributed by atoms with E-state index in [9.17, 15) is 0 Å². The van der Waals surface area contributed by atoms with Crippen molar-refractivity contribution in [3.63, 3.8) is 0 Å². The van der Waals surface area contributed by atoms with Crippen LogP contribution in [-0.4, -0.2) is 23.8 Å². The van der Waals surface area contributed by atoms with E-state index in [2.05, 4.69) is 4.90 Å². The lowest BCUT2D eigenvalue weighted by Crippen LogP contribution is -2.46. The van der Waals surface area contributed by atoms with E-state index in [-0.39, 0.29) is 0 Å². The molecule has 1 aliphatic heterocycles. The summed E-state index contributed by atoms with van der Waals surface area (Å²) < 4.78 is 0. The van der Waals surface area contributed by atoms with Gasteiger partial charge < -0.3 is 4.90 Å². The minimum Gasteiger partial charge on any atom is -0.360 e. The summed E-state index contributed by atoms with van der Waals surface area (Å²) >= 11 is 0. The fraction of sp³-hybridized carbons (Fsp3) is 0.933. The predicted molar refractivity (Wildman–Crippen MR) is 71.3 cm³/mol. The molecule has 0 aromatic carbocycles. The summed E-state index contributed by atoms with van der Waals surface area (Å²) in [4.78, 5) is 2.43. The van der Waals surface area contributed by atoms with Crippen molar-refractivity contribution in [2.24, 2.45) is 17.8 Å². The van der Waals surface area contributed by atoms with Gasteiger partial charge in [-0.05, 0) is 37.5 Å². The molecule has 0 amide bonds. The molecule has 1 N–H and O–H groups in total. The van der Waals surface area contributed by atoms with E-state index in [1.54, 1.807) is 0 Å². The average Bonchev–Trinajstić information content (AvgIpc) is 2.91. The second-order valence-corrected chi connectivity index (χ2v) is 6.41. The lowest BCUT2D eigenvalue weighted by atomic mass is 9.75. The van der Waals surface area contributed by atoms with Crippen molar-refractivity contribution >= 4 is 5.84 Å². The van der Waals surface area contributed by atoms with Crippen molar-refractivity contribution < 1.29 is 0 Å². The van der Waals surface area contributed by atoms with Crippen LogP contribution < -0.4 is 0 Å². The number of rotatable bonds is 1. The van der Waals surface area contributed by atoms with Gasteiger partial charge in [0.05, 0.1) is 5.84 Å². The van der Waals surface area contributed by atoms with Crippen LogP contribution in [0, 0.1) is 23.2 Å². The van der Waals surface area contributed by atoms with E-state index in [0.717, 1.165) is 17.7 Å². The summed E-state index contributed by atoms with van der Waals surface area (Å²) in [6.07, 6.45) is 12.4. The molecule has 3 rings (SSSR count). The Kier molecular flexibility index (Phi) is 3.39. The van der Waals surface area contributed by atoms with E-state index >= 15 is 0 Å². The van der Waals surface area contributed by atoms with Gasteiger partial charge in [-0.1, -0.05) is 32.1 Å². The van der Waals surface area contributed by atoms with Gasteiger partial charge in [0.1, 0.15) is 0 Å². The van der Waals surface area contributed by atoms with Gasteiger partial charge in [0.25, 0.3) is 0 Å². The maximum Gasteiger partial charge on any atom is 0.0989 e. The summed E-state index contributed by atoms with van der Waals surface area (Å²) in [7, 11) is 0. The fourth-order valence-corrected chi connectivity index (χ4v) is 4.28. The molecule has 2 saturated carbocycles. The predicted octanol–water partition coefficient (Wildman–Crippen LogP) is 3.67. The molecular formula is C15H26N2. The van der Waals surface area contributed by atoms with Crippen molar-refractivity contribution in [2.45, 2.75) is 57.8 Å². The zero-order valence-corrected chi connectivity index (χ0v) is 11.0. The summed E-state index contributed by atoms with van der Waals surface area (Å²) in [5, 5.41) is 8.41. The van der Waals surface area contributed by atoms with Crippen LogP contribution in [0.3, 0.4) is 0 Å². The largest absolute Gasteiger partial charge is 0.360 e. The number of nitrogens with zero attached hydrogens (tertiary/aromatic N) is 1. The highest BCUT2D eigenvalue weighted by molar-refractivity contribution is 5.82. The Labute approximate surface area is 105 Å². The molecule has 2 atom stereocenters. The van der Waals surface area contributed by atoms with Crippen molar-refractivity contribution in [2.75, 3.05) is 13.1 Å². The van der Waals surface area contributed by atoms with Gasteiger partial charge >= 0.3 is 0 Å². The van der Waals surface area contributed by atoms with Crippen LogP contribution in [0.1, 0.15) is 57.8 Å². The Morgan fingerprint density at radius 2 is 1.47 bits per heavy atom. The van der Waals surface area contributed by atoms with Gasteiger partial charge in [0.15, 0.2) is 0 Å². The van der Waals surface area contributed by atoms with E-state index in [1.807, 2.05) is 0 Å². The summed E-state index contributed by atoms with van der Waals surface area (Å²) in [6, 6.07) is 0. The lowest BCUT2D eigenvalue weighted by Gasteiger charge is -2.43. The van der Waals surface area contributed by atoms with Crippen molar-refractivity contribution in [3.8, 4) is 0 Å². The lowest BCUT2D eigenvalue weighted by molar-refractivity contribution is 0.126. The monoisotopic (exact) mass is 234 g/mol. The summed E-state index contributed by atoms with van der Waals surface area (Å²) in [6.45, 7) is 2.39. The maximum absolute atomic E-state index is 8.41. The molecule has 2 nitrogen and oxygen atoms in total. The van der Waals surface area contributed by atoms with Crippen LogP contribution in [0.25, 0.3) is 0 Å². The molecule has 0 spiro atoms. The standard InChI is InChI=1S/C15H26N2/c16-15(13-6-2-3-7-13)17-10-9-12-5-1-4-8-14(12)11-17/h12-14,16H,1-11H2. The quantitative estimate of drug-likeness (QED) is 0.544. The molecule has 3 aliphatic rings. The molecule has 2 heteroatoms. The number of amidine groups is 1. The Morgan fingerprint density at radius 1 is 0.824 bits per heavy atom. The number of piperidine rings is 1. The molecule has 0 aromatic heterocycles. The Bertz CT molecular complexity index is 281. The Hall–Kier alpha value is -0.530. The van der Waals surface area contributed by atoms with E-state index in [1.165, 1.54) is 70.9 Å². The van der Waals surface area contributed by atoms with Gasteiger partial charge in [-0.2, -0.15) is 0 Å². The third-order valence-corrected chi connectivity index (χ3v) is 5.37. The van der Waals surface area contributed by atoms with Crippen LogP contribution >= 0.6 is 0 Å². The Morgan fingerprint density at radius 3 is 2.24 bits per heavy atom. The smallest absolute Gasteiger partial charge is 0.0989 e. The topological polar surface area (TPSA) is 27.1 Å². The zero-order chi connectivity index (χ0) is 11.7. The van der Waals surface area contributed by atoms with Crippen LogP contribution in [0.15, 0.2) is 0 Å². The van der Waals surface area contributed by atoms with Gasteiger partial charge in [-0.15, -0.1) is 0 Å². The normalized spacial score (nSPS) is 34.7. The first-order chi connectivity index (χ1) is 8.34. The highest BCUT2D eigenvalue weighted by Crippen LogP contribution is 2.37. The average molecular weight is 234 g/mol. The SMILES string of the molecule is N=C(C1CCCC1)N1CCC2CCCCC2C1. The third kappa shape index (κ3) is 2.36. The highest BCUT2D eigenvalue weighted by Gasteiger charge is 2.34.